The predicted octanol–water partition coefficient (Wildman–Crippen LogP) is 1.32. The van der Waals surface area contributed by atoms with Crippen molar-refractivity contribution in [3.05, 3.63) is 17.3 Å². The standard InChI is InChI=1S/C10H15ClN4/c1-15(8-3-2-6-12-7-8)10-5-4-9(11)13-14-10/h4-5,8,12H,2-3,6-7H2,1H3. The fraction of sp³-hybridized carbons (Fsp3) is 0.600. The van der Waals surface area contributed by atoms with E-state index in [0.29, 0.717) is 11.2 Å². The highest BCUT2D eigenvalue weighted by Gasteiger charge is 2.18. The Balaban J connectivity index is 2.05. The van der Waals surface area contributed by atoms with E-state index in [-0.39, 0.29) is 0 Å². The Morgan fingerprint density at radius 3 is 2.93 bits per heavy atom. The number of nitrogens with one attached hydrogen (secondary N) is 1. The van der Waals surface area contributed by atoms with E-state index >= 15 is 0 Å². The predicted molar refractivity (Wildman–Crippen MR) is 61.3 cm³/mol. The molecule has 1 saturated heterocycles. The van der Waals surface area contributed by atoms with E-state index in [1.165, 1.54) is 12.8 Å². The van der Waals surface area contributed by atoms with Gasteiger partial charge in [0.2, 0.25) is 0 Å². The van der Waals surface area contributed by atoms with Crippen LogP contribution in [0.4, 0.5) is 5.82 Å². The van der Waals surface area contributed by atoms with Crippen LogP contribution in [-0.4, -0.2) is 36.4 Å². The lowest BCUT2D eigenvalue weighted by atomic mass is 10.1. The Hall–Kier alpha value is -0.870. The van der Waals surface area contributed by atoms with E-state index in [1.54, 1.807) is 6.07 Å². The highest BCUT2D eigenvalue weighted by Crippen LogP contribution is 2.16. The van der Waals surface area contributed by atoms with Gasteiger partial charge in [-0.1, -0.05) is 11.6 Å². The Morgan fingerprint density at radius 2 is 2.33 bits per heavy atom. The summed E-state index contributed by atoms with van der Waals surface area (Å²) in [5, 5.41) is 11.7. The number of nitrogens with zero attached hydrogens (tertiary/aromatic N) is 3. The average molecular weight is 227 g/mol. The van der Waals surface area contributed by atoms with Crippen LogP contribution in [0, 0.1) is 0 Å². The molecule has 1 fully saturated rings. The number of hydrogen-bond acceptors (Lipinski definition) is 4. The number of hydrogen-bond donors (Lipinski definition) is 1. The molecule has 0 aliphatic carbocycles. The molecule has 0 radical (unpaired) electrons. The molecule has 2 heterocycles. The van der Waals surface area contributed by atoms with Gasteiger partial charge in [-0.15, -0.1) is 10.2 Å². The topological polar surface area (TPSA) is 41.1 Å². The molecular formula is C10H15ClN4. The van der Waals surface area contributed by atoms with Crippen LogP contribution in [-0.2, 0) is 0 Å². The van der Waals surface area contributed by atoms with Crippen molar-refractivity contribution in [2.24, 2.45) is 0 Å². The Bertz CT molecular complexity index is 308. The molecule has 4 nitrogen and oxygen atoms in total. The summed E-state index contributed by atoms with van der Waals surface area (Å²) in [4.78, 5) is 2.16. The summed E-state index contributed by atoms with van der Waals surface area (Å²) in [6, 6.07) is 4.19. The second-order valence-corrected chi connectivity index (χ2v) is 4.21. The van der Waals surface area contributed by atoms with Crippen molar-refractivity contribution in [3.63, 3.8) is 0 Å². The quantitative estimate of drug-likeness (QED) is 0.826. The Morgan fingerprint density at radius 1 is 1.47 bits per heavy atom. The monoisotopic (exact) mass is 226 g/mol. The molecule has 0 amide bonds. The summed E-state index contributed by atoms with van der Waals surface area (Å²) >= 11 is 5.70. The second-order valence-electron chi connectivity index (χ2n) is 3.83. The number of anilines is 1. The van der Waals surface area contributed by atoms with Gasteiger partial charge >= 0.3 is 0 Å². The Labute approximate surface area is 94.6 Å². The largest absolute Gasteiger partial charge is 0.354 e. The minimum absolute atomic E-state index is 0.439. The van der Waals surface area contributed by atoms with Gasteiger partial charge in [-0.05, 0) is 31.5 Å². The summed E-state index contributed by atoms with van der Waals surface area (Å²) in [5.74, 6) is 0.883. The van der Waals surface area contributed by atoms with Gasteiger partial charge in [0.15, 0.2) is 11.0 Å². The van der Waals surface area contributed by atoms with Gasteiger partial charge in [0.05, 0.1) is 0 Å². The molecular weight excluding hydrogens is 212 g/mol. The van der Waals surface area contributed by atoms with Gasteiger partial charge in [0.25, 0.3) is 0 Å². The maximum absolute atomic E-state index is 5.70. The van der Waals surface area contributed by atoms with Crippen LogP contribution in [0.2, 0.25) is 5.15 Å². The zero-order chi connectivity index (χ0) is 10.7. The molecule has 0 aromatic carbocycles. The van der Waals surface area contributed by atoms with Gasteiger partial charge in [-0.3, -0.25) is 0 Å². The zero-order valence-corrected chi connectivity index (χ0v) is 9.54. The number of halogens is 1. The first-order valence-electron chi connectivity index (χ1n) is 5.20. The third-order valence-electron chi connectivity index (χ3n) is 2.80. The Kier molecular flexibility index (Phi) is 3.38. The molecule has 0 saturated carbocycles. The lowest BCUT2D eigenvalue weighted by Gasteiger charge is -2.32. The van der Waals surface area contributed by atoms with E-state index in [4.69, 9.17) is 11.6 Å². The molecule has 1 aliphatic rings. The van der Waals surface area contributed by atoms with E-state index in [2.05, 4.69) is 27.5 Å². The first-order valence-corrected chi connectivity index (χ1v) is 5.58. The maximum atomic E-state index is 5.70. The van der Waals surface area contributed by atoms with Crippen LogP contribution in [0.3, 0.4) is 0 Å². The highest BCUT2D eigenvalue weighted by atomic mass is 35.5. The van der Waals surface area contributed by atoms with Crippen LogP contribution < -0.4 is 10.2 Å². The molecule has 1 aromatic rings. The first-order chi connectivity index (χ1) is 7.27. The number of likely N-dealkylation sites (N-methyl/N-ethyl adjacent to an activating group) is 1. The van der Waals surface area contributed by atoms with Crippen molar-refractivity contribution in [1.29, 1.82) is 0 Å². The van der Waals surface area contributed by atoms with Crippen LogP contribution in [0.1, 0.15) is 12.8 Å². The minimum atomic E-state index is 0.439. The fourth-order valence-electron chi connectivity index (χ4n) is 1.85. The van der Waals surface area contributed by atoms with Crippen molar-refractivity contribution in [2.45, 2.75) is 18.9 Å². The highest BCUT2D eigenvalue weighted by molar-refractivity contribution is 6.29. The van der Waals surface area contributed by atoms with E-state index in [9.17, 15) is 0 Å². The molecule has 1 aliphatic heterocycles. The molecule has 0 bridgehead atoms. The average Bonchev–Trinajstić information content (AvgIpc) is 2.30. The molecule has 82 valence electrons. The van der Waals surface area contributed by atoms with Crippen LogP contribution in [0.5, 0.6) is 0 Å². The van der Waals surface area contributed by atoms with E-state index in [0.717, 1.165) is 18.9 Å². The summed E-state index contributed by atoms with van der Waals surface area (Å²) in [7, 11) is 2.05. The normalized spacial score (nSPS) is 21.3. The molecule has 0 spiro atoms. The van der Waals surface area contributed by atoms with E-state index in [1.807, 2.05) is 6.07 Å². The van der Waals surface area contributed by atoms with Gasteiger partial charge in [0.1, 0.15) is 0 Å². The van der Waals surface area contributed by atoms with Crippen molar-refractivity contribution in [3.8, 4) is 0 Å². The molecule has 15 heavy (non-hydrogen) atoms. The van der Waals surface area contributed by atoms with Crippen LogP contribution in [0.15, 0.2) is 12.1 Å². The van der Waals surface area contributed by atoms with Crippen molar-refractivity contribution >= 4 is 17.4 Å². The lowest BCUT2D eigenvalue weighted by molar-refractivity contribution is 0.442. The first kappa shape index (κ1) is 10.6. The molecule has 1 unspecified atom stereocenters. The summed E-state index contributed by atoms with van der Waals surface area (Å²) in [6.07, 6.45) is 2.42. The van der Waals surface area contributed by atoms with Crippen LogP contribution in [0.25, 0.3) is 0 Å². The van der Waals surface area contributed by atoms with Crippen molar-refractivity contribution in [1.82, 2.24) is 15.5 Å². The lowest BCUT2D eigenvalue weighted by Crippen LogP contribution is -2.44. The van der Waals surface area contributed by atoms with Gasteiger partial charge in [-0.25, -0.2) is 0 Å². The summed E-state index contributed by atoms with van der Waals surface area (Å²) in [5.41, 5.74) is 0. The number of aromatic nitrogens is 2. The second kappa shape index (κ2) is 4.77. The number of piperidine rings is 1. The molecule has 1 N–H and O–H groups in total. The zero-order valence-electron chi connectivity index (χ0n) is 8.78. The molecule has 5 heteroatoms. The smallest absolute Gasteiger partial charge is 0.151 e. The van der Waals surface area contributed by atoms with Crippen molar-refractivity contribution in [2.75, 3.05) is 25.0 Å². The van der Waals surface area contributed by atoms with Gasteiger partial charge in [0, 0.05) is 19.6 Å². The van der Waals surface area contributed by atoms with Crippen molar-refractivity contribution < 1.29 is 0 Å². The maximum Gasteiger partial charge on any atom is 0.151 e. The third-order valence-corrected chi connectivity index (χ3v) is 3.00. The molecule has 1 atom stereocenters. The van der Waals surface area contributed by atoms with Crippen LogP contribution >= 0.6 is 11.6 Å². The van der Waals surface area contributed by atoms with E-state index < -0.39 is 0 Å². The molecule has 2 rings (SSSR count). The third kappa shape index (κ3) is 2.58. The fourth-order valence-corrected chi connectivity index (χ4v) is 1.95. The summed E-state index contributed by atoms with van der Waals surface area (Å²) < 4.78 is 0. The van der Waals surface area contributed by atoms with Gasteiger partial charge < -0.3 is 10.2 Å². The minimum Gasteiger partial charge on any atom is -0.354 e. The summed E-state index contributed by atoms with van der Waals surface area (Å²) in [6.45, 7) is 2.14. The SMILES string of the molecule is CN(c1ccc(Cl)nn1)C1CCCNC1. The number of rotatable bonds is 2. The van der Waals surface area contributed by atoms with Gasteiger partial charge in [-0.2, -0.15) is 0 Å². The molecule has 1 aromatic heterocycles.